The smallest absolute Gasteiger partial charge is 0.307 e. The van der Waals surface area contributed by atoms with Crippen molar-refractivity contribution in [2.24, 2.45) is 0 Å². The summed E-state index contributed by atoms with van der Waals surface area (Å²) >= 11 is 5.47. The lowest BCUT2D eigenvalue weighted by Gasteiger charge is -2.06. The molecule has 1 aromatic rings. The highest BCUT2D eigenvalue weighted by molar-refractivity contribution is 6.30. The van der Waals surface area contributed by atoms with E-state index in [4.69, 9.17) is 21.8 Å². The van der Waals surface area contributed by atoms with Crippen LogP contribution < -0.4 is 0 Å². The first-order valence-corrected chi connectivity index (χ1v) is 4.18. The molecule has 4 nitrogen and oxygen atoms in total. The number of hydrogen-bond donors (Lipinski definition) is 2. The van der Waals surface area contributed by atoms with E-state index in [1.54, 1.807) is 0 Å². The average molecular weight is 238 g/mol. The molecule has 0 spiro atoms. The number of aromatic hydroxyl groups is 1. The second-order valence-electron chi connectivity index (χ2n) is 2.71. The predicted molar refractivity (Wildman–Crippen MR) is 47.2 cm³/mol. The third-order valence-electron chi connectivity index (χ3n) is 1.61. The van der Waals surface area contributed by atoms with Crippen LogP contribution in [0.25, 0.3) is 0 Å². The van der Waals surface area contributed by atoms with Gasteiger partial charge in [0, 0.05) is 5.56 Å². The van der Waals surface area contributed by atoms with Crippen LogP contribution in [-0.2, 0) is 11.2 Å². The van der Waals surface area contributed by atoms with E-state index in [9.17, 15) is 13.6 Å². The fourth-order valence-corrected chi connectivity index (χ4v) is 1.19. The van der Waals surface area contributed by atoms with Gasteiger partial charge in [-0.3, -0.25) is 4.79 Å². The fourth-order valence-electron chi connectivity index (χ4n) is 0.981. The molecule has 0 saturated carbocycles. The summed E-state index contributed by atoms with van der Waals surface area (Å²) in [6.07, 6.45) is -3.44. The van der Waals surface area contributed by atoms with Crippen LogP contribution >= 0.6 is 11.6 Å². The Hall–Kier alpha value is -1.43. The second-order valence-corrected chi connectivity index (χ2v) is 3.07. The Kier molecular flexibility index (Phi) is 3.41. The topological polar surface area (TPSA) is 70.4 Å². The number of nitrogens with zero attached hydrogens (tertiary/aromatic N) is 1. The number of pyridine rings is 1. The minimum Gasteiger partial charge on any atom is -0.506 e. The molecule has 0 radical (unpaired) electrons. The first-order chi connectivity index (χ1) is 6.91. The zero-order valence-corrected chi connectivity index (χ0v) is 8.00. The summed E-state index contributed by atoms with van der Waals surface area (Å²) < 4.78 is 24.4. The van der Waals surface area contributed by atoms with Crippen molar-refractivity contribution in [1.82, 2.24) is 4.98 Å². The molecule has 2 N–H and O–H groups in total. The number of rotatable bonds is 3. The molecule has 15 heavy (non-hydrogen) atoms. The van der Waals surface area contributed by atoms with Crippen molar-refractivity contribution in [2.75, 3.05) is 0 Å². The van der Waals surface area contributed by atoms with Crippen LogP contribution in [0, 0.1) is 0 Å². The molecule has 0 aliphatic carbocycles. The molecule has 0 unspecified atom stereocenters. The number of alkyl halides is 2. The molecule has 0 atom stereocenters. The van der Waals surface area contributed by atoms with Crippen molar-refractivity contribution in [3.05, 3.63) is 22.5 Å². The molecule has 0 saturated heterocycles. The van der Waals surface area contributed by atoms with E-state index in [-0.39, 0.29) is 10.7 Å². The summed E-state index contributed by atoms with van der Waals surface area (Å²) in [5, 5.41) is 17.2. The number of halogens is 3. The van der Waals surface area contributed by atoms with Crippen LogP contribution in [-0.4, -0.2) is 21.2 Å². The maximum atomic E-state index is 12.2. The SMILES string of the molecule is O=C(O)Cc1cc(O)c(C(F)F)nc1Cl. The molecule has 0 amide bonds. The quantitative estimate of drug-likeness (QED) is 0.789. The monoisotopic (exact) mass is 237 g/mol. The van der Waals surface area contributed by atoms with Crippen molar-refractivity contribution in [2.45, 2.75) is 12.8 Å². The fraction of sp³-hybridized carbons (Fsp3) is 0.250. The van der Waals surface area contributed by atoms with E-state index in [1.165, 1.54) is 0 Å². The standard InChI is InChI=1S/C8H6ClF2NO3/c9-7-3(2-5(14)15)1-4(13)6(12-7)8(10)11/h1,8,13H,2H2,(H,14,15). The van der Waals surface area contributed by atoms with Gasteiger partial charge in [-0.1, -0.05) is 11.6 Å². The van der Waals surface area contributed by atoms with Crippen LogP contribution in [0.3, 0.4) is 0 Å². The van der Waals surface area contributed by atoms with Crippen molar-refractivity contribution in [1.29, 1.82) is 0 Å². The van der Waals surface area contributed by atoms with Crippen molar-refractivity contribution in [3.8, 4) is 5.75 Å². The normalized spacial score (nSPS) is 10.7. The summed E-state index contributed by atoms with van der Waals surface area (Å²) in [4.78, 5) is 13.6. The predicted octanol–water partition coefficient (Wildman–Crippen LogP) is 2.01. The Balaban J connectivity index is 3.13. The number of aliphatic carboxylic acids is 1. The molecule has 0 aliphatic heterocycles. The number of hydrogen-bond acceptors (Lipinski definition) is 3. The summed E-state index contributed by atoms with van der Waals surface area (Å²) in [5.41, 5.74) is -0.861. The summed E-state index contributed by atoms with van der Waals surface area (Å²) in [6, 6.07) is 0.880. The Morgan fingerprint density at radius 1 is 1.60 bits per heavy atom. The summed E-state index contributed by atoms with van der Waals surface area (Å²) in [7, 11) is 0. The maximum absolute atomic E-state index is 12.2. The summed E-state index contributed by atoms with van der Waals surface area (Å²) in [6.45, 7) is 0. The van der Waals surface area contributed by atoms with Crippen LogP contribution in [0.15, 0.2) is 6.07 Å². The summed E-state index contributed by atoms with van der Waals surface area (Å²) in [5.74, 6) is -1.95. The lowest BCUT2D eigenvalue weighted by molar-refractivity contribution is -0.136. The molecule has 0 fully saturated rings. The highest BCUT2D eigenvalue weighted by Crippen LogP contribution is 2.30. The van der Waals surface area contributed by atoms with Gasteiger partial charge in [0.1, 0.15) is 16.6 Å². The molecular formula is C8H6ClF2NO3. The van der Waals surface area contributed by atoms with Gasteiger partial charge in [0.05, 0.1) is 6.42 Å². The van der Waals surface area contributed by atoms with Crippen LogP contribution in [0.2, 0.25) is 5.15 Å². The number of carboxylic acids is 1. The maximum Gasteiger partial charge on any atom is 0.307 e. The van der Waals surface area contributed by atoms with Gasteiger partial charge < -0.3 is 10.2 Å². The van der Waals surface area contributed by atoms with Gasteiger partial charge in [-0.15, -0.1) is 0 Å². The zero-order chi connectivity index (χ0) is 11.6. The Labute approximate surface area is 88.1 Å². The third kappa shape index (κ3) is 2.76. The van der Waals surface area contributed by atoms with Gasteiger partial charge in [-0.25, -0.2) is 13.8 Å². The minimum absolute atomic E-state index is 0.00827. The average Bonchev–Trinajstić information content (AvgIpc) is 2.09. The first-order valence-electron chi connectivity index (χ1n) is 3.80. The first kappa shape index (κ1) is 11.6. The van der Waals surface area contributed by atoms with Crippen molar-refractivity contribution < 1.29 is 23.8 Å². The molecule has 1 aromatic heterocycles. The largest absolute Gasteiger partial charge is 0.506 e. The van der Waals surface area contributed by atoms with Crippen LogP contribution in [0.5, 0.6) is 5.75 Å². The lowest BCUT2D eigenvalue weighted by Crippen LogP contribution is -2.03. The van der Waals surface area contributed by atoms with Crippen LogP contribution in [0.1, 0.15) is 17.7 Å². The second kappa shape index (κ2) is 4.39. The van der Waals surface area contributed by atoms with Gasteiger partial charge >= 0.3 is 5.97 Å². The third-order valence-corrected chi connectivity index (χ3v) is 1.93. The molecule has 0 aliphatic rings. The molecule has 82 valence electrons. The van der Waals surface area contributed by atoms with E-state index >= 15 is 0 Å². The molecule has 0 aromatic carbocycles. The van der Waals surface area contributed by atoms with Crippen molar-refractivity contribution >= 4 is 17.6 Å². The highest BCUT2D eigenvalue weighted by atomic mass is 35.5. The van der Waals surface area contributed by atoms with E-state index < -0.39 is 30.3 Å². The Morgan fingerprint density at radius 2 is 2.20 bits per heavy atom. The van der Waals surface area contributed by atoms with Gasteiger partial charge in [0.25, 0.3) is 6.43 Å². The van der Waals surface area contributed by atoms with Gasteiger partial charge in [0.15, 0.2) is 0 Å². The number of carboxylic acid groups (broad SMARTS) is 1. The van der Waals surface area contributed by atoms with E-state index in [1.807, 2.05) is 0 Å². The van der Waals surface area contributed by atoms with Crippen LogP contribution in [0.4, 0.5) is 8.78 Å². The lowest BCUT2D eigenvalue weighted by atomic mass is 10.2. The van der Waals surface area contributed by atoms with Crippen molar-refractivity contribution in [3.63, 3.8) is 0 Å². The molecule has 7 heteroatoms. The number of carbonyl (C=O) groups is 1. The Bertz CT molecular complexity index is 398. The zero-order valence-electron chi connectivity index (χ0n) is 7.25. The molecule has 0 bridgehead atoms. The minimum atomic E-state index is -2.96. The van der Waals surface area contributed by atoms with E-state index in [0.29, 0.717) is 0 Å². The molecule has 1 heterocycles. The van der Waals surface area contributed by atoms with Gasteiger partial charge in [0.2, 0.25) is 0 Å². The van der Waals surface area contributed by atoms with E-state index in [2.05, 4.69) is 4.98 Å². The molecular weight excluding hydrogens is 232 g/mol. The molecule has 1 rings (SSSR count). The highest BCUT2D eigenvalue weighted by Gasteiger charge is 2.18. The van der Waals surface area contributed by atoms with E-state index in [0.717, 1.165) is 6.07 Å². The number of aromatic nitrogens is 1. The van der Waals surface area contributed by atoms with Gasteiger partial charge in [-0.05, 0) is 6.07 Å². The van der Waals surface area contributed by atoms with Gasteiger partial charge in [-0.2, -0.15) is 0 Å². The Morgan fingerprint density at radius 3 is 2.67 bits per heavy atom.